The molecule has 0 spiro atoms. The van der Waals surface area contributed by atoms with Crippen molar-refractivity contribution in [3.05, 3.63) is 46.7 Å². The summed E-state index contributed by atoms with van der Waals surface area (Å²) in [6.45, 7) is 1.40. The van der Waals surface area contributed by atoms with Gasteiger partial charge in [-0.1, -0.05) is 6.07 Å². The molecule has 25 heavy (non-hydrogen) atoms. The first-order valence-corrected chi connectivity index (χ1v) is 8.81. The van der Waals surface area contributed by atoms with Gasteiger partial charge in [-0.15, -0.1) is 0 Å². The average molecular weight is 359 g/mol. The standard InChI is InChI=1S/C18H21N3O3S/c1-13(22)19-15-4-3-5-16(10-15)20-17(23)11-21(2)18(24)7-6-14-8-9-25-12-14/h3-5,8-10,12H,6-7,11H2,1-2H3,(H,19,22)(H,20,23). The van der Waals surface area contributed by atoms with Gasteiger partial charge in [0.2, 0.25) is 17.7 Å². The molecular formula is C18H21N3O3S. The van der Waals surface area contributed by atoms with Gasteiger partial charge in [-0.25, -0.2) is 0 Å². The lowest BCUT2D eigenvalue weighted by Crippen LogP contribution is -2.35. The van der Waals surface area contributed by atoms with E-state index >= 15 is 0 Å². The largest absolute Gasteiger partial charge is 0.336 e. The van der Waals surface area contributed by atoms with Crippen molar-refractivity contribution in [2.24, 2.45) is 0 Å². The van der Waals surface area contributed by atoms with Crippen molar-refractivity contribution in [3.8, 4) is 0 Å². The lowest BCUT2D eigenvalue weighted by Gasteiger charge is -2.17. The Morgan fingerprint density at radius 2 is 1.84 bits per heavy atom. The van der Waals surface area contributed by atoms with Crippen LogP contribution in [0.5, 0.6) is 0 Å². The van der Waals surface area contributed by atoms with E-state index in [1.165, 1.54) is 11.8 Å². The number of benzene rings is 1. The van der Waals surface area contributed by atoms with Crippen molar-refractivity contribution in [1.29, 1.82) is 0 Å². The molecule has 0 atom stereocenters. The molecule has 1 aromatic carbocycles. The Balaban J connectivity index is 1.82. The van der Waals surface area contributed by atoms with Gasteiger partial charge < -0.3 is 15.5 Å². The van der Waals surface area contributed by atoms with E-state index in [0.717, 1.165) is 5.56 Å². The molecule has 0 fully saturated rings. The highest BCUT2D eigenvalue weighted by Crippen LogP contribution is 2.15. The number of carbonyl (C=O) groups excluding carboxylic acids is 3. The van der Waals surface area contributed by atoms with Crippen molar-refractivity contribution in [2.75, 3.05) is 24.2 Å². The molecule has 1 heterocycles. The predicted molar refractivity (Wildman–Crippen MR) is 99.7 cm³/mol. The highest BCUT2D eigenvalue weighted by Gasteiger charge is 2.13. The van der Waals surface area contributed by atoms with Crippen LogP contribution in [0.4, 0.5) is 11.4 Å². The molecule has 2 N–H and O–H groups in total. The SMILES string of the molecule is CC(=O)Nc1cccc(NC(=O)CN(C)C(=O)CCc2ccsc2)c1. The van der Waals surface area contributed by atoms with E-state index in [1.807, 2.05) is 16.8 Å². The van der Waals surface area contributed by atoms with Crippen LogP contribution in [0.1, 0.15) is 18.9 Å². The Bertz CT molecular complexity index is 744. The number of carbonyl (C=O) groups is 3. The van der Waals surface area contributed by atoms with Crippen molar-refractivity contribution < 1.29 is 14.4 Å². The third-order valence-electron chi connectivity index (χ3n) is 3.48. The highest BCUT2D eigenvalue weighted by atomic mass is 32.1. The summed E-state index contributed by atoms with van der Waals surface area (Å²) < 4.78 is 0. The lowest BCUT2D eigenvalue weighted by molar-refractivity contribution is -0.133. The van der Waals surface area contributed by atoms with E-state index < -0.39 is 0 Å². The fraction of sp³-hybridized carbons (Fsp3) is 0.278. The highest BCUT2D eigenvalue weighted by molar-refractivity contribution is 7.07. The second kappa shape index (κ2) is 8.98. The van der Waals surface area contributed by atoms with Crippen molar-refractivity contribution in [2.45, 2.75) is 19.8 Å². The molecule has 0 aliphatic heterocycles. The second-order valence-electron chi connectivity index (χ2n) is 5.69. The third-order valence-corrected chi connectivity index (χ3v) is 4.21. The van der Waals surface area contributed by atoms with Gasteiger partial charge >= 0.3 is 0 Å². The van der Waals surface area contributed by atoms with Crippen molar-refractivity contribution >= 4 is 40.4 Å². The minimum Gasteiger partial charge on any atom is -0.336 e. The smallest absolute Gasteiger partial charge is 0.243 e. The van der Waals surface area contributed by atoms with Crippen LogP contribution < -0.4 is 10.6 Å². The number of anilines is 2. The fourth-order valence-corrected chi connectivity index (χ4v) is 2.96. The van der Waals surface area contributed by atoms with Crippen LogP contribution in [0.2, 0.25) is 0 Å². The van der Waals surface area contributed by atoms with Crippen molar-refractivity contribution in [3.63, 3.8) is 0 Å². The van der Waals surface area contributed by atoms with Gasteiger partial charge in [-0.3, -0.25) is 14.4 Å². The first kappa shape index (κ1) is 18.7. The predicted octanol–water partition coefficient (Wildman–Crippen LogP) is 2.74. The van der Waals surface area contributed by atoms with E-state index in [-0.39, 0.29) is 24.3 Å². The second-order valence-corrected chi connectivity index (χ2v) is 6.47. The van der Waals surface area contributed by atoms with E-state index in [0.29, 0.717) is 24.2 Å². The Labute approximate surface area is 150 Å². The number of nitrogens with one attached hydrogen (secondary N) is 2. The number of nitrogens with zero attached hydrogens (tertiary/aromatic N) is 1. The van der Waals surface area contributed by atoms with Crippen LogP contribution in [-0.4, -0.2) is 36.2 Å². The summed E-state index contributed by atoms with van der Waals surface area (Å²) in [6.07, 6.45) is 1.05. The van der Waals surface area contributed by atoms with Gasteiger partial charge in [-0.2, -0.15) is 11.3 Å². The lowest BCUT2D eigenvalue weighted by atomic mass is 10.2. The molecule has 2 aromatic rings. The summed E-state index contributed by atoms with van der Waals surface area (Å²) in [6, 6.07) is 8.85. The number of amides is 3. The maximum absolute atomic E-state index is 12.1. The third kappa shape index (κ3) is 6.39. The molecule has 6 nitrogen and oxygen atoms in total. The monoisotopic (exact) mass is 359 g/mol. The molecule has 3 amide bonds. The average Bonchev–Trinajstić information content (AvgIpc) is 3.05. The Morgan fingerprint density at radius 1 is 1.12 bits per heavy atom. The van der Waals surface area contributed by atoms with Gasteiger partial charge in [-0.05, 0) is 47.0 Å². The number of likely N-dealkylation sites (N-methyl/N-ethyl adjacent to an activating group) is 1. The molecule has 132 valence electrons. The number of aryl methyl sites for hydroxylation is 1. The van der Waals surface area contributed by atoms with Gasteiger partial charge in [0.15, 0.2) is 0 Å². The normalized spacial score (nSPS) is 10.2. The van der Waals surface area contributed by atoms with E-state index in [2.05, 4.69) is 10.6 Å². The first-order chi connectivity index (χ1) is 11.9. The van der Waals surface area contributed by atoms with Gasteiger partial charge in [0.25, 0.3) is 0 Å². The van der Waals surface area contributed by atoms with Gasteiger partial charge in [0.05, 0.1) is 6.54 Å². The van der Waals surface area contributed by atoms with Crippen LogP contribution in [0.15, 0.2) is 41.1 Å². The quantitative estimate of drug-likeness (QED) is 0.798. The topological polar surface area (TPSA) is 78.5 Å². The zero-order valence-electron chi connectivity index (χ0n) is 14.2. The molecule has 2 rings (SSSR count). The molecule has 1 aromatic heterocycles. The summed E-state index contributed by atoms with van der Waals surface area (Å²) in [7, 11) is 1.61. The molecule has 0 aliphatic carbocycles. The van der Waals surface area contributed by atoms with Crippen LogP contribution >= 0.6 is 11.3 Å². The fourth-order valence-electron chi connectivity index (χ4n) is 2.26. The summed E-state index contributed by atoms with van der Waals surface area (Å²) >= 11 is 1.60. The number of hydrogen-bond donors (Lipinski definition) is 2. The molecular weight excluding hydrogens is 338 g/mol. The number of hydrogen-bond acceptors (Lipinski definition) is 4. The summed E-state index contributed by atoms with van der Waals surface area (Å²) in [4.78, 5) is 36.7. The van der Waals surface area contributed by atoms with Crippen LogP contribution in [-0.2, 0) is 20.8 Å². The molecule has 0 unspecified atom stereocenters. The molecule has 7 heteroatoms. The van der Waals surface area contributed by atoms with Gasteiger partial charge in [0, 0.05) is 31.8 Å². The Morgan fingerprint density at radius 3 is 2.48 bits per heavy atom. The minimum absolute atomic E-state index is 0.0210. The van der Waals surface area contributed by atoms with Crippen LogP contribution in [0.3, 0.4) is 0 Å². The van der Waals surface area contributed by atoms with Crippen molar-refractivity contribution in [1.82, 2.24) is 4.90 Å². The maximum atomic E-state index is 12.1. The Hall–Kier alpha value is -2.67. The summed E-state index contributed by atoms with van der Waals surface area (Å²) in [5.41, 5.74) is 2.30. The molecule has 0 saturated carbocycles. The van der Waals surface area contributed by atoms with Crippen LogP contribution in [0.25, 0.3) is 0 Å². The summed E-state index contributed by atoms with van der Waals surface area (Å²) in [5, 5.41) is 9.38. The molecule has 0 radical (unpaired) electrons. The van der Waals surface area contributed by atoms with E-state index in [1.54, 1.807) is 42.6 Å². The number of rotatable bonds is 7. The van der Waals surface area contributed by atoms with E-state index in [9.17, 15) is 14.4 Å². The van der Waals surface area contributed by atoms with Gasteiger partial charge in [0.1, 0.15) is 0 Å². The minimum atomic E-state index is -0.286. The molecule has 0 saturated heterocycles. The Kier molecular flexibility index (Phi) is 6.71. The first-order valence-electron chi connectivity index (χ1n) is 7.86. The number of thiophene rings is 1. The molecule has 0 aliphatic rings. The van der Waals surface area contributed by atoms with E-state index in [4.69, 9.17) is 0 Å². The maximum Gasteiger partial charge on any atom is 0.243 e. The zero-order valence-corrected chi connectivity index (χ0v) is 15.1. The molecule has 0 bridgehead atoms. The van der Waals surface area contributed by atoms with Crippen LogP contribution in [0, 0.1) is 0 Å². The zero-order chi connectivity index (χ0) is 18.2. The summed E-state index contributed by atoms with van der Waals surface area (Å²) in [5.74, 6) is -0.542.